The zero-order chi connectivity index (χ0) is 61.9. The van der Waals surface area contributed by atoms with E-state index in [1.54, 1.807) is 4.90 Å². The monoisotopic (exact) mass is 1320 g/mol. The number of fused-ring (bicyclic) bond motifs is 11. The summed E-state index contributed by atoms with van der Waals surface area (Å²) in [6, 6.07) is 9.18. The van der Waals surface area contributed by atoms with Crippen LogP contribution >= 0.6 is 11.0 Å². The van der Waals surface area contributed by atoms with Crippen LogP contribution in [0.4, 0.5) is 23.6 Å². The Kier molecular flexibility index (Phi) is 19.9. The van der Waals surface area contributed by atoms with Crippen LogP contribution in [-0.4, -0.2) is 274 Å². The topological polar surface area (TPSA) is 343 Å². The first-order chi connectivity index (χ1) is 40.5. The zero-order valence-corrected chi connectivity index (χ0v) is 51.5. The van der Waals surface area contributed by atoms with Crippen LogP contribution in [0.15, 0.2) is 30.3 Å². The minimum absolute atomic E-state index is 0.101. The lowest BCUT2D eigenvalue weighted by atomic mass is 9.89. The number of benzene rings is 1. The van der Waals surface area contributed by atoms with E-state index in [-0.39, 0.29) is 99.4 Å². The number of carbonyl (C=O) groups is 4. The highest BCUT2D eigenvalue weighted by molar-refractivity contribution is 8.05. The van der Waals surface area contributed by atoms with Crippen LogP contribution < -0.4 is 0 Å². The van der Waals surface area contributed by atoms with Gasteiger partial charge < -0.3 is 39.2 Å². The first-order valence-electron chi connectivity index (χ1n) is 27.7. The standard InChI is InChI=1S/C14H18FNO3S.C12H21NO5S.2C8H11NO6S.C8H11NO5S/c1-10(15)12-8-16(7-11-5-3-2-4-6-11)9-13-14(12)19-20(17)18-13;1-5-8-6-13(11(14)16-12(2,3)4)7-9-10(8)18-19(15)17-9;2*1-16(12)14-6-4-3-13-8(11)9(4)2-5(10)7(6)15-16;1-15-13-6-4-3-12-8(11)9(4)2-5(10)7(6)14-15/h2-6,10,12-14H,7-9H2,1H3;8-10H,5-7H2,1-4H3;2*4-7,10H,1-3H2;4-7,10H,1-3H2/t10?,12-,13-,14-,20?;8-,9+,10+,19?;4-,5+,6+,7-,16?;4-,5+,6-,7-,16?;4-,5+,6+,7-,15?/m10111/s1. The van der Waals surface area contributed by atoms with Crippen molar-refractivity contribution in [3.8, 4) is 0 Å². The number of cyclic esters (lactones) is 3. The highest BCUT2D eigenvalue weighted by atomic mass is 32.2. The van der Waals surface area contributed by atoms with Gasteiger partial charge in [-0.2, -0.15) is 8.42 Å². The summed E-state index contributed by atoms with van der Waals surface area (Å²) in [6.45, 7) is 13.0. The fourth-order valence-electron chi connectivity index (χ4n) is 12.1. The van der Waals surface area contributed by atoms with E-state index in [0.29, 0.717) is 32.8 Å². The number of nitrogens with zero attached hydrogens (tertiary/aromatic N) is 5. The lowest BCUT2D eigenvalue weighted by molar-refractivity contribution is -0.0536. The lowest BCUT2D eigenvalue weighted by Gasteiger charge is -2.38. The van der Waals surface area contributed by atoms with Crippen LogP contribution in [0.25, 0.3) is 0 Å². The molecule has 13 aliphatic heterocycles. The molecule has 0 aliphatic carbocycles. The van der Waals surface area contributed by atoms with Crippen molar-refractivity contribution in [3.05, 3.63) is 35.9 Å². The number of alkyl halides is 1. The smallest absolute Gasteiger partial charge is 0.410 e. The Labute approximate surface area is 504 Å². The maximum Gasteiger partial charge on any atom is 0.410 e. The molecule has 1 aromatic rings. The van der Waals surface area contributed by atoms with Gasteiger partial charge in [0.1, 0.15) is 111 Å². The predicted molar refractivity (Wildman–Crippen MR) is 301 cm³/mol. The molecule has 14 rings (SSSR count). The molecule has 0 aromatic heterocycles. The molecule has 3 N–H and O–H groups in total. The molecule has 6 unspecified atom stereocenters. The highest BCUT2D eigenvalue weighted by Gasteiger charge is 2.58. The average Bonchev–Trinajstić information content (AvgIpc) is 1.82. The Morgan fingerprint density at radius 2 is 1.10 bits per heavy atom. The fourth-order valence-corrected chi connectivity index (χ4v) is 17.2. The van der Waals surface area contributed by atoms with Crippen LogP contribution in [0.1, 0.15) is 46.6 Å². The van der Waals surface area contributed by atoms with Gasteiger partial charge in [-0.05, 0) is 45.5 Å². The minimum atomic E-state index is -3.07. The Balaban J connectivity index is 0.000000120. The number of rotatable bonds is 4. The number of hydrogen-bond donors (Lipinski definition) is 3. The molecule has 13 heterocycles. The number of aliphatic hydroxyl groups is 3. The Morgan fingerprint density at radius 3 is 1.59 bits per heavy atom. The summed E-state index contributed by atoms with van der Waals surface area (Å²) in [5.41, 5.74) is 0.655. The molecule has 1 aromatic carbocycles. The molecule has 0 saturated carbocycles. The second-order valence-corrected chi connectivity index (χ2v) is 28.8. The van der Waals surface area contributed by atoms with E-state index in [4.69, 9.17) is 60.8 Å². The number of halogens is 1. The van der Waals surface area contributed by atoms with Crippen LogP contribution in [0.3, 0.4) is 0 Å². The number of amides is 4. The van der Waals surface area contributed by atoms with Gasteiger partial charge in [-0.15, -0.1) is 0 Å². The summed E-state index contributed by atoms with van der Waals surface area (Å²) in [5.74, 6) is 10.1. The third-order valence-corrected chi connectivity index (χ3v) is 20.6. The fraction of sp³-hybridized carbons (Fsp3) is 0.740. The quantitative estimate of drug-likeness (QED) is 0.264. The zero-order valence-electron chi connectivity index (χ0n) is 47.4. The van der Waals surface area contributed by atoms with E-state index >= 15 is 0 Å². The molecule has 30 nitrogen and oxygen atoms in total. The SMILES string of the molecule is C=S1(=O)O[C@@H]2[C@H](O1)[C@@H](O)CN1C(=O)OC[C@H]21.C=S1(=O)O[C@H]2[C@H](O1)[C@@H](O)CN1C(=O)OC[C@H]21.C=S1O[C@@H]2[C@H](O1)[C@@H](O)CN1C(=O)OC[C@H]21.CC(F)[C@H]1CN(Cc2ccccc2)C[C@H]2OS(=O)O[C@H]12.CC[C@H]1CN(C(=O)OC(C)(C)C)C[C@H]2OS(=O)O[C@H]12. The van der Waals surface area contributed by atoms with Crippen molar-refractivity contribution in [1.82, 2.24) is 24.5 Å². The molecular formula is C50H72FN5O25S5. The van der Waals surface area contributed by atoms with Gasteiger partial charge in [-0.25, -0.2) is 32.0 Å². The van der Waals surface area contributed by atoms with Gasteiger partial charge in [-0.1, -0.05) is 37.3 Å². The van der Waals surface area contributed by atoms with Crippen molar-refractivity contribution >= 4 is 95.9 Å². The number of aliphatic hydroxyl groups excluding tert-OH is 3. The first-order valence-corrected chi connectivity index (χ1v) is 34.1. The summed E-state index contributed by atoms with van der Waals surface area (Å²) in [6.07, 6.45) is -9.13. The van der Waals surface area contributed by atoms with E-state index in [1.807, 2.05) is 58.0 Å². The van der Waals surface area contributed by atoms with Crippen molar-refractivity contribution in [2.75, 3.05) is 65.6 Å². The van der Waals surface area contributed by atoms with E-state index < -0.39 is 133 Å². The molecule has 13 saturated heterocycles. The van der Waals surface area contributed by atoms with Crippen LogP contribution in [0.5, 0.6) is 0 Å². The number of piperidine rings is 5. The van der Waals surface area contributed by atoms with E-state index in [0.717, 1.165) is 13.0 Å². The summed E-state index contributed by atoms with van der Waals surface area (Å²) in [5, 5.41) is 29.3. The van der Waals surface area contributed by atoms with Gasteiger partial charge in [0, 0.05) is 49.8 Å². The molecule has 24 atom stereocenters. The van der Waals surface area contributed by atoms with E-state index in [9.17, 15) is 55.7 Å². The lowest BCUT2D eigenvalue weighted by Crippen LogP contribution is -2.59. The number of ether oxygens (including phenoxy) is 4. The number of carbonyl (C=O) groups excluding carboxylic acids is 4. The maximum atomic E-state index is 13.8. The molecule has 0 spiro atoms. The summed E-state index contributed by atoms with van der Waals surface area (Å²) in [7, 11) is -6.14. The van der Waals surface area contributed by atoms with E-state index in [1.165, 1.54) is 27.2 Å². The van der Waals surface area contributed by atoms with E-state index in [2.05, 4.69) is 22.5 Å². The Morgan fingerprint density at radius 1 is 0.651 bits per heavy atom. The van der Waals surface area contributed by atoms with Crippen LogP contribution in [-0.2, 0) is 110 Å². The maximum absolute atomic E-state index is 13.8. The molecule has 0 bridgehead atoms. The van der Waals surface area contributed by atoms with Crippen molar-refractivity contribution in [2.24, 2.45) is 11.8 Å². The first kappa shape index (κ1) is 65.2. The summed E-state index contributed by atoms with van der Waals surface area (Å²) < 4.78 is 132. The Bertz CT molecular complexity index is 2890. The third-order valence-electron chi connectivity index (χ3n) is 16.1. The second kappa shape index (κ2) is 26.2. The van der Waals surface area contributed by atoms with Gasteiger partial charge in [0.2, 0.25) is 0 Å². The molecule has 86 heavy (non-hydrogen) atoms. The summed E-state index contributed by atoms with van der Waals surface area (Å²) >= 11 is -4.26. The Hall–Kier alpha value is -3.77. The molecule has 13 aliphatic rings. The molecule has 36 heteroatoms. The number of likely N-dealkylation sites (tertiary alicyclic amines) is 2. The normalized spacial score (nSPS) is 43.5. The van der Waals surface area contributed by atoms with Crippen molar-refractivity contribution in [1.29, 1.82) is 0 Å². The van der Waals surface area contributed by atoms with Crippen molar-refractivity contribution in [3.63, 3.8) is 0 Å². The van der Waals surface area contributed by atoms with Crippen molar-refractivity contribution < 1.29 is 117 Å². The largest absolute Gasteiger partial charge is 0.447 e. The van der Waals surface area contributed by atoms with Gasteiger partial charge in [0.25, 0.3) is 0 Å². The van der Waals surface area contributed by atoms with Gasteiger partial charge in [0.05, 0.1) is 55.4 Å². The van der Waals surface area contributed by atoms with Gasteiger partial charge in [-0.3, -0.25) is 61.4 Å². The molecular weight excluding hydrogens is 1250 g/mol. The second-order valence-electron chi connectivity index (χ2n) is 23.3. The molecule has 13 fully saturated rings. The molecule has 4 amide bonds. The van der Waals surface area contributed by atoms with Crippen molar-refractivity contribution in [2.45, 2.75) is 157 Å². The van der Waals surface area contributed by atoms with Gasteiger partial charge >= 0.3 is 47.1 Å². The number of hydrogen-bond acceptors (Lipinski definition) is 26. The molecule has 484 valence electrons. The van der Waals surface area contributed by atoms with Crippen LogP contribution in [0, 0.1) is 11.8 Å². The highest BCUT2D eigenvalue weighted by Crippen LogP contribution is 2.42. The predicted octanol–water partition coefficient (Wildman–Crippen LogP) is -0.0141. The third kappa shape index (κ3) is 14.5. The minimum Gasteiger partial charge on any atom is -0.447 e. The summed E-state index contributed by atoms with van der Waals surface area (Å²) in [4.78, 5) is 54.0. The van der Waals surface area contributed by atoms with Gasteiger partial charge in [0.15, 0.2) is 20.2 Å². The average molecular weight is 1320 g/mol. The van der Waals surface area contributed by atoms with Crippen LogP contribution in [0.2, 0.25) is 0 Å². The molecule has 0 radical (unpaired) electrons.